The summed E-state index contributed by atoms with van der Waals surface area (Å²) in [5.74, 6) is 1.32. The van der Waals surface area contributed by atoms with E-state index in [2.05, 4.69) is 36.9 Å². The smallest absolute Gasteiger partial charge is 0.214 e. The molecule has 0 amide bonds. The fourth-order valence-electron chi connectivity index (χ4n) is 5.79. The molecule has 162 valence electrons. The molecule has 0 aromatic heterocycles. The average Bonchev–Trinajstić information content (AvgIpc) is 2.69. The molecular weight excluding hydrogens is 382 g/mol. The molecule has 0 aliphatic carbocycles. The number of hydrogen-bond acceptors (Lipinski definition) is 4. The summed E-state index contributed by atoms with van der Waals surface area (Å²) in [4.78, 5) is 2.63. The third kappa shape index (κ3) is 4.41. The summed E-state index contributed by atoms with van der Waals surface area (Å²) < 4.78 is 27.9. The molecule has 0 saturated carbocycles. The fraction of sp³-hybridized carbons (Fsp3) is 0.739. The minimum Gasteiger partial charge on any atom is -0.330 e. The minimum atomic E-state index is -3.22. The molecule has 0 spiro atoms. The Kier molecular flexibility index (Phi) is 6.35. The monoisotopic (exact) mass is 419 g/mol. The minimum absolute atomic E-state index is 0.147. The van der Waals surface area contributed by atoms with Crippen LogP contribution in [0.2, 0.25) is 0 Å². The second-order valence-corrected chi connectivity index (χ2v) is 11.7. The van der Waals surface area contributed by atoms with Crippen LogP contribution in [0.25, 0.3) is 0 Å². The van der Waals surface area contributed by atoms with E-state index in [1.54, 1.807) is 0 Å². The van der Waals surface area contributed by atoms with Crippen LogP contribution in [0.4, 0.5) is 0 Å². The molecule has 3 heterocycles. The first-order valence-corrected chi connectivity index (χ1v) is 13.1. The maximum absolute atomic E-state index is 13.0. The van der Waals surface area contributed by atoms with Gasteiger partial charge in [-0.25, -0.2) is 8.42 Å². The number of rotatable bonds is 6. The van der Waals surface area contributed by atoms with Gasteiger partial charge < -0.3 is 5.73 Å². The molecule has 6 heteroatoms. The van der Waals surface area contributed by atoms with Crippen LogP contribution < -0.4 is 5.73 Å². The lowest BCUT2D eigenvalue weighted by Crippen LogP contribution is -2.57. The summed E-state index contributed by atoms with van der Waals surface area (Å²) in [7, 11) is -3.22. The molecule has 0 bridgehead atoms. The molecule has 1 aromatic rings. The first-order chi connectivity index (χ1) is 13.9. The number of nitrogens with zero attached hydrogens (tertiary/aromatic N) is 2. The van der Waals surface area contributed by atoms with Gasteiger partial charge >= 0.3 is 0 Å². The predicted molar refractivity (Wildman–Crippen MR) is 118 cm³/mol. The van der Waals surface area contributed by atoms with Gasteiger partial charge in [-0.15, -0.1) is 0 Å². The van der Waals surface area contributed by atoms with Crippen LogP contribution in [0.1, 0.15) is 62.3 Å². The van der Waals surface area contributed by atoms with Gasteiger partial charge in [-0.1, -0.05) is 32.0 Å². The quantitative estimate of drug-likeness (QED) is 0.770. The molecule has 2 N–H and O–H groups in total. The van der Waals surface area contributed by atoms with Gasteiger partial charge in [0.25, 0.3) is 0 Å². The number of fused-ring (bicyclic) bond motifs is 4. The second kappa shape index (κ2) is 8.66. The lowest BCUT2D eigenvalue weighted by molar-refractivity contribution is 0.0220. The molecule has 3 aliphatic heterocycles. The molecule has 2 saturated heterocycles. The van der Waals surface area contributed by atoms with Crippen molar-refractivity contribution in [1.29, 1.82) is 0 Å². The van der Waals surface area contributed by atoms with Crippen molar-refractivity contribution in [1.82, 2.24) is 9.21 Å². The van der Waals surface area contributed by atoms with Crippen molar-refractivity contribution in [3.63, 3.8) is 0 Å². The van der Waals surface area contributed by atoms with Crippen molar-refractivity contribution >= 4 is 10.0 Å². The lowest BCUT2D eigenvalue weighted by Gasteiger charge is -2.51. The zero-order valence-electron chi connectivity index (χ0n) is 18.0. The van der Waals surface area contributed by atoms with Gasteiger partial charge in [0.1, 0.15) is 0 Å². The van der Waals surface area contributed by atoms with Crippen molar-refractivity contribution in [2.24, 2.45) is 17.6 Å². The Labute approximate surface area is 176 Å². The Morgan fingerprint density at radius 3 is 2.83 bits per heavy atom. The molecule has 4 rings (SSSR count). The highest BCUT2D eigenvalue weighted by molar-refractivity contribution is 7.89. The van der Waals surface area contributed by atoms with Gasteiger partial charge in [0.05, 0.1) is 5.75 Å². The van der Waals surface area contributed by atoms with E-state index < -0.39 is 10.0 Å². The SMILES string of the molecule is CC(C)Cc1ccc2c(c1)CCN1C[C@H]3CCCN(S(=O)(=O)CCCN)[C@H]3C[C@@H]21. The third-order valence-corrected chi connectivity index (χ3v) is 9.06. The highest BCUT2D eigenvalue weighted by Crippen LogP contribution is 2.43. The standard InChI is InChI=1S/C23H37N3O2S/c1-17(2)13-18-6-7-21-19(14-18)8-11-25-16-20-5-3-10-26(22(20)15-23(21)25)29(27,28)12-4-9-24/h6-7,14,17,20,22-23H,3-5,8-13,15-16,24H2,1-2H3/t20-,22+,23+/m1/s1. The number of sulfonamides is 1. The normalized spacial score (nSPS) is 28.1. The van der Waals surface area contributed by atoms with Crippen molar-refractivity contribution in [3.8, 4) is 0 Å². The summed E-state index contributed by atoms with van der Waals surface area (Å²) in [6.07, 6.45) is 5.86. The predicted octanol–water partition coefficient (Wildman–Crippen LogP) is 2.95. The summed E-state index contributed by atoms with van der Waals surface area (Å²) in [6.45, 7) is 7.79. The van der Waals surface area contributed by atoms with E-state index in [0.29, 0.717) is 37.4 Å². The number of nitrogens with two attached hydrogens (primary N) is 1. The van der Waals surface area contributed by atoms with Gasteiger partial charge in [-0.3, -0.25) is 4.90 Å². The third-order valence-electron chi connectivity index (χ3n) is 7.08. The van der Waals surface area contributed by atoms with Gasteiger partial charge in [0.2, 0.25) is 10.0 Å². The van der Waals surface area contributed by atoms with Gasteiger partial charge in [0.15, 0.2) is 0 Å². The van der Waals surface area contributed by atoms with Crippen LogP contribution >= 0.6 is 0 Å². The van der Waals surface area contributed by atoms with E-state index in [0.717, 1.165) is 45.2 Å². The molecule has 1 aromatic carbocycles. The van der Waals surface area contributed by atoms with Crippen LogP contribution in [0.15, 0.2) is 18.2 Å². The highest BCUT2D eigenvalue weighted by Gasteiger charge is 2.45. The van der Waals surface area contributed by atoms with Crippen LogP contribution in [-0.4, -0.2) is 55.6 Å². The van der Waals surface area contributed by atoms with Crippen LogP contribution in [-0.2, 0) is 22.9 Å². The number of hydrogen-bond donors (Lipinski definition) is 1. The van der Waals surface area contributed by atoms with Crippen molar-refractivity contribution in [2.75, 3.05) is 31.9 Å². The van der Waals surface area contributed by atoms with Crippen LogP contribution in [0, 0.1) is 11.8 Å². The summed E-state index contributed by atoms with van der Waals surface area (Å²) in [5.41, 5.74) is 9.94. The fourth-order valence-corrected chi connectivity index (χ4v) is 7.64. The molecule has 5 nitrogen and oxygen atoms in total. The summed E-state index contributed by atoms with van der Waals surface area (Å²) in [5, 5.41) is 0. The largest absolute Gasteiger partial charge is 0.330 e. The van der Waals surface area contributed by atoms with Crippen molar-refractivity contribution < 1.29 is 8.42 Å². The van der Waals surface area contributed by atoms with Crippen molar-refractivity contribution in [3.05, 3.63) is 34.9 Å². The Bertz CT molecular complexity index is 823. The Morgan fingerprint density at radius 2 is 2.07 bits per heavy atom. The molecule has 0 radical (unpaired) electrons. The Balaban J connectivity index is 1.58. The average molecular weight is 420 g/mol. The molecule has 0 unspecified atom stereocenters. The van der Waals surface area contributed by atoms with Gasteiger partial charge in [-0.05, 0) is 73.6 Å². The molecule has 29 heavy (non-hydrogen) atoms. The molecule has 3 aliphatic rings. The van der Waals surface area contributed by atoms with E-state index in [9.17, 15) is 8.42 Å². The van der Waals surface area contributed by atoms with Gasteiger partial charge in [-0.2, -0.15) is 4.31 Å². The van der Waals surface area contributed by atoms with E-state index in [4.69, 9.17) is 5.73 Å². The zero-order valence-corrected chi connectivity index (χ0v) is 18.8. The van der Waals surface area contributed by atoms with E-state index in [1.807, 2.05) is 4.31 Å². The van der Waals surface area contributed by atoms with E-state index >= 15 is 0 Å². The number of benzene rings is 1. The van der Waals surface area contributed by atoms with E-state index in [-0.39, 0.29) is 11.8 Å². The molecule has 2 fully saturated rings. The highest BCUT2D eigenvalue weighted by atomic mass is 32.2. The second-order valence-electron chi connectivity index (χ2n) is 9.67. The maximum atomic E-state index is 13.0. The van der Waals surface area contributed by atoms with Crippen molar-refractivity contribution in [2.45, 2.75) is 64.5 Å². The molecule has 3 atom stereocenters. The van der Waals surface area contributed by atoms with Crippen LogP contribution in [0.3, 0.4) is 0 Å². The Morgan fingerprint density at radius 1 is 1.24 bits per heavy atom. The number of piperidine rings is 2. The summed E-state index contributed by atoms with van der Waals surface area (Å²) >= 11 is 0. The van der Waals surface area contributed by atoms with Gasteiger partial charge in [0, 0.05) is 31.7 Å². The van der Waals surface area contributed by atoms with Crippen LogP contribution in [0.5, 0.6) is 0 Å². The Hall–Kier alpha value is -0.950. The first-order valence-electron chi connectivity index (χ1n) is 11.4. The first kappa shape index (κ1) is 21.3. The zero-order chi connectivity index (χ0) is 20.6. The lowest BCUT2D eigenvalue weighted by atomic mass is 9.77. The maximum Gasteiger partial charge on any atom is 0.214 e. The molecular formula is C23H37N3O2S. The topological polar surface area (TPSA) is 66.6 Å². The summed E-state index contributed by atoms with van der Waals surface area (Å²) in [6, 6.07) is 7.55. The van der Waals surface area contributed by atoms with E-state index in [1.165, 1.54) is 16.7 Å².